The Labute approximate surface area is 89.4 Å². The van der Waals surface area contributed by atoms with E-state index in [0.717, 1.165) is 12.8 Å². The van der Waals surface area contributed by atoms with E-state index in [1.807, 2.05) is 11.5 Å². The van der Waals surface area contributed by atoms with Gasteiger partial charge in [-0.3, -0.25) is 0 Å². The van der Waals surface area contributed by atoms with Crippen LogP contribution in [0.15, 0.2) is 6.33 Å². The van der Waals surface area contributed by atoms with Gasteiger partial charge in [0.05, 0.1) is 5.75 Å². The largest absolute Gasteiger partial charge is 0.317 e. The Morgan fingerprint density at radius 2 is 2.33 bits per heavy atom. The first-order valence-corrected chi connectivity index (χ1v) is 6.96. The summed E-state index contributed by atoms with van der Waals surface area (Å²) in [6.45, 7) is 2.68. The fraction of sp³-hybridized carbons (Fsp3) is 0.778. The molecule has 0 aliphatic carbocycles. The van der Waals surface area contributed by atoms with Gasteiger partial charge in [0.2, 0.25) is 0 Å². The monoisotopic (exact) mass is 229 g/mol. The molecule has 0 radical (unpaired) electrons. The highest BCUT2D eigenvalue weighted by molar-refractivity contribution is 7.91. The Balaban J connectivity index is 2.37. The van der Waals surface area contributed by atoms with Crippen LogP contribution >= 0.6 is 0 Å². The zero-order valence-corrected chi connectivity index (χ0v) is 9.57. The average Bonchev–Trinajstić information content (AvgIpc) is 2.64. The van der Waals surface area contributed by atoms with Crippen LogP contribution in [0.3, 0.4) is 0 Å². The van der Waals surface area contributed by atoms with Gasteiger partial charge in [-0.2, -0.15) is 0 Å². The third-order valence-corrected chi connectivity index (χ3v) is 5.02. The number of rotatable bonds is 2. The molecular formula is C9H15N3O2S. The molecule has 0 N–H and O–H groups in total. The average molecular weight is 229 g/mol. The van der Waals surface area contributed by atoms with E-state index in [9.17, 15) is 8.42 Å². The van der Waals surface area contributed by atoms with Crippen LogP contribution in [0.5, 0.6) is 0 Å². The Hall–Kier alpha value is -0.910. The van der Waals surface area contributed by atoms with E-state index >= 15 is 0 Å². The predicted octanol–water partition coefficient (Wildman–Crippen LogP) is 0.938. The fourth-order valence-electron chi connectivity index (χ4n) is 2.00. The number of aryl methyl sites for hydroxylation is 1. The van der Waals surface area contributed by atoms with Crippen LogP contribution in [-0.4, -0.2) is 28.9 Å². The maximum atomic E-state index is 11.9. The van der Waals surface area contributed by atoms with Crippen molar-refractivity contribution < 1.29 is 8.42 Å². The van der Waals surface area contributed by atoms with Gasteiger partial charge in [-0.05, 0) is 19.8 Å². The predicted molar refractivity (Wildman–Crippen MR) is 56.1 cm³/mol. The lowest BCUT2D eigenvalue weighted by Crippen LogP contribution is -2.24. The number of nitrogens with zero attached hydrogens (tertiary/aromatic N) is 3. The van der Waals surface area contributed by atoms with Crippen LogP contribution in [0.1, 0.15) is 37.3 Å². The van der Waals surface area contributed by atoms with Crippen molar-refractivity contribution in [1.29, 1.82) is 0 Å². The summed E-state index contributed by atoms with van der Waals surface area (Å²) in [5.41, 5.74) is 0. The molecule has 1 aromatic heterocycles. The maximum absolute atomic E-state index is 11.9. The molecule has 1 fully saturated rings. The maximum Gasteiger partial charge on any atom is 0.160 e. The van der Waals surface area contributed by atoms with Crippen molar-refractivity contribution in [3.63, 3.8) is 0 Å². The molecule has 15 heavy (non-hydrogen) atoms. The van der Waals surface area contributed by atoms with Crippen LogP contribution < -0.4 is 0 Å². The van der Waals surface area contributed by atoms with Crippen LogP contribution in [0.25, 0.3) is 0 Å². The van der Waals surface area contributed by atoms with Gasteiger partial charge in [-0.15, -0.1) is 10.2 Å². The molecule has 2 heterocycles. The summed E-state index contributed by atoms with van der Waals surface area (Å²) in [4.78, 5) is 0. The first kappa shape index (κ1) is 10.6. The van der Waals surface area contributed by atoms with Crippen LogP contribution in [0, 0.1) is 0 Å². The highest BCUT2D eigenvalue weighted by Gasteiger charge is 2.33. The van der Waals surface area contributed by atoms with Gasteiger partial charge in [0.25, 0.3) is 0 Å². The molecule has 0 bridgehead atoms. The van der Waals surface area contributed by atoms with E-state index in [1.54, 1.807) is 6.33 Å². The summed E-state index contributed by atoms with van der Waals surface area (Å²) < 4.78 is 25.5. The van der Waals surface area contributed by atoms with Crippen LogP contribution in [0.2, 0.25) is 0 Å². The Morgan fingerprint density at radius 1 is 1.53 bits per heavy atom. The summed E-state index contributed by atoms with van der Waals surface area (Å²) in [5, 5.41) is 7.29. The molecule has 1 unspecified atom stereocenters. The Kier molecular flexibility index (Phi) is 2.77. The zero-order valence-electron chi connectivity index (χ0n) is 8.76. The van der Waals surface area contributed by atoms with E-state index in [0.29, 0.717) is 18.8 Å². The second-order valence-corrected chi connectivity index (χ2v) is 6.13. The third-order valence-electron chi connectivity index (χ3n) is 2.85. The normalized spacial score (nSPS) is 25.3. The molecule has 1 aromatic rings. The molecular weight excluding hydrogens is 214 g/mol. The summed E-state index contributed by atoms with van der Waals surface area (Å²) in [6, 6.07) is 0. The lowest BCUT2D eigenvalue weighted by atomic mass is 10.2. The number of hydrogen-bond donors (Lipinski definition) is 0. The third kappa shape index (κ3) is 1.90. The van der Waals surface area contributed by atoms with Crippen molar-refractivity contribution in [2.75, 3.05) is 5.75 Å². The van der Waals surface area contributed by atoms with Crippen molar-refractivity contribution in [2.24, 2.45) is 0 Å². The molecule has 2 rings (SSSR count). The lowest BCUT2D eigenvalue weighted by molar-refractivity contribution is 0.527. The van der Waals surface area contributed by atoms with E-state index in [4.69, 9.17) is 0 Å². The minimum Gasteiger partial charge on any atom is -0.317 e. The van der Waals surface area contributed by atoms with Gasteiger partial charge in [-0.1, -0.05) is 6.42 Å². The van der Waals surface area contributed by atoms with E-state index in [-0.39, 0.29) is 5.75 Å². The molecule has 0 spiro atoms. The van der Waals surface area contributed by atoms with Crippen molar-refractivity contribution in [3.05, 3.63) is 12.2 Å². The highest BCUT2D eigenvalue weighted by atomic mass is 32.2. The Bertz CT molecular complexity index is 438. The summed E-state index contributed by atoms with van der Waals surface area (Å²) in [7, 11) is -3.00. The minimum absolute atomic E-state index is 0.286. The van der Waals surface area contributed by atoms with Crippen LogP contribution in [0.4, 0.5) is 0 Å². The second kappa shape index (κ2) is 3.92. The molecule has 0 aromatic carbocycles. The number of aromatic nitrogens is 3. The van der Waals surface area contributed by atoms with Gasteiger partial charge in [0.1, 0.15) is 11.6 Å². The molecule has 1 saturated heterocycles. The van der Waals surface area contributed by atoms with Gasteiger partial charge >= 0.3 is 0 Å². The molecule has 5 nitrogen and oxygen atoms in total. The SMILES string of the molecule is CCn1cnnc1C1CCCCS1(=O)=O. The molecule has 1 aliphatic heterocycles. The van der Waals surface area contributed by atoms with Crippen molar-refractivity contribution in [1.82, 2.24) is 14.8 Å². The van der Waals surface area contributed by atoms with Crippen molar-refractivity contribution in [2.45, 2.75) is 38.0 Å². The standard InChI is InChI=1S/C9H15N3O2S/c1-2-12-7-10-11-9(12)8-5-3-4-6-15(8,13)14/h7-8H,2-6H2,1H3. The van der Waals surface area contributed by atoms with Gasteiger partial charge in [0.15, 0.2) is 15.7 Å². The van der Waals surface area contributed by atoms with Crippen molar-refractivity contribution in [3.8, 4) is 0 Å². The van der Waals surface area contributed by atoms with E-state index < -0.39 is 15.1 Å². The van der Waals surface area contributed by atoms with E-state index in [1.165, 1.54) is 0 Å². The topological polar surface area (TPSA) is 64.8 Å². The molecule has 1 aliphatic rings. The summed E-state index contributed by atoms with van der Waals surface area (Å²) in [5.74, 6) is 0.894. The smallest absolute Gasteiger partial charge is 0.160 e. The van der Waals surface area contributed by atoms with Crippen molar-refractivity contribution >= 4 is 9.84 Å². The van der Waals surface area contributed by atoms with E-state index in [2.05, 4.69) is 10.2 Å². The number of sulfone groups is 1. The molecule has 6 heteroatoms. The second-order valence-electron chi connectivity index (χ2n) is 3.83. The van der Waals surface area contributed by atoms with Gasteiger partial charge < -0.3 is 4.57 Å². The number of hydrogen-bond acceptors (Lipinski definition) is 4. The highest BCUT2D eigenvalue weighted by Crippen LogP contribution is 2.31. The van der Waals surface area contributed by atoms with Gasteiger partial charge in [-0.25, -0.2) is 8.42 Å². The minimum atomic E-state index is -3.00. The quantitative estimate of drug-likeness (QED) is 0.757. The first-order valence-electron chi connectivity index (χ1n) is 5.24. The molecule has 0 amide bonds. The lowest BCUT2D eigenvalue weighted by Gasteiger charge is -2.21. The molecule has 0 saturated carbocycles. The fourth-order valence-corrected chi connectivity index (χ4v) is 3.92. The summed E-state index contributed by atoms with van der Waals surface area (Å²) in [6.07, 6.45) is 4.01. The molecule has 1 atom stereocenters. The van der Waals surface area contributed by atoms with Gasteiger partial charge in [0, 0.05) is 6.54 Å². The summed E-state index contributed by atoms with van der Waals surface area (Å²) >= 11 is 0. The first-order chi connectivity index (χ1) is 7.15. The van der Waals surface area contributed by atoms with Crippen LogP contribution in [-0.2, 0) is 16.4 Å². The molecule has 84 valence electrons. The Morgan fingerprint density at radius 3 is 3.00 bits per heavy atom. The zero-order chi connectivity index (χ0) is 10.9.